The molecule has 198 valence electrons. The molecule has 3 aliphatic heterocycles. The summed E-state index contributed by atoms with van der Waals surface area (Å²) in [4.78, 5) is 43.8. The molecule has 2 saturated carbocycles. The van der Waals surface area contributed by atoms with E-state index in [2.05, 4.69) is 17.6 Å². The number of hydrogen-bond acceptors (Lipinski definition) is 4. The minimum atomic E-state index is -1.09. The number of aryl methyl sites for hydroxylation is 1. The van der Waals surface area contributed by atoms with Gasteiger partial charge >= 0.3 is 0 Å². The van der Waals surface area contributed by atoms with Crippen LogP contribution >= 0.6 is 0 Å². The molecule has 1 aromatic carbocycles. The number of carbonyl (C=O) groups is 3. The monoisotopic (exact) mass is 505 g/mol. The summed E-state index contributed by atoms with van der Waals surface area (Å²) in [6.45, 7) is 4.19. The number of anilines is 1. The van der Waals surface area contributed by atoms with Gasteiger partial charge < -0.3 is 20.3 Å². The summed E-state index contributed by atoms with van der Waals surface area (Å²) in [6.07, 6.45) is 12.8. The Hall–Kier alpha value is -2.67. The van der Waals surface area contributed by atoms with Gasteiger partial charge in [0.2, 0.25) is 17.7 Å². The van der Waals surface area contributed by atoms with E-state index < -0.39 is 29.6 Å². The lowest BCUT2D eigenvalue weighted by Gasteiger charge is -2.42. The quantitative estimate of drug-likeness (QED) is 0.590. The second kappa shape index (κ2) is 9.57. The molecule has 2 aliphatic carbocycles. The molecule has 0 radical (unpaired) electrons. The van der Waals surface area contributed by atoms with Crippen molar-refractivity contribution in [3.05, 3.63) is 42.0 Å². The highest BCUT2D eigenvalue weighted by atomic mass is 16.5. The molecule has 0 aromatic heterocycles. The predicted octanol–water partition coefficient (Wildman–Crippen LogP) is 4.11. The van der Waals surface area contributed by atoms with E-state index in [-0.39, 0.29) is 29.8 Å². The maximum Gasteiger partial charge on any atom is 0.246 e. The Labute approximate surface area is 219 Å². The predicted molar refractivity (Wildman–Crippen MR) is 141 cm³/mol. The highest BCUT2D eigenvalue weighted by molar-refractivity contribution is 6.03. The molecule has 6 rings (SSSR count). The number of nitrogens with zero attached hydrogens (tertiary/aromatic N) is 1. The van der Waals surface area contributed by atoms with Gasteiger partial charge in [-0.25, -0.2) is 0 Å². The molecule has 7 heteroatoms. The summed E-state index contributed by atoms with van der Waals surface area (Å²) >= 11 is 0. The average Bonchev–Trinajstić information content (AvgIpc) is 3.54. The molecule has 5 aliphatic rings. The van der Waals surface area contributed by atoms with Crippen LogP contribution < -0.4 is 10.6 Å². The van der Waals surface area contributed by atoms with Gasteiger partial charge in [-0.1, -0.05) is 68.9 Å². The highest BCUT2D eigenvalue weighted by Crippen LogP contribution is 2.56. The maximum atomic E-state index is 14.3. The minimum absolute atomic E-state index is 0.0137. The standard InChI is InChI=1S/C30H39N3O4/c1-18-12-14-21(15-13-18)31-27(34)24-23-16-17-30(37-23)25(24)29(36)33(22-11-7-6-8-19(22)2)26(30)28(35)32-20-9-4-3-5-10-20/h12-17,19-20,22-26H,3-11H2,1-2H3,(H,31,34)(H,32,35)/t19-,22+,23+,24-,25+,26-,30+/m0/s1. The Bertz CT molecular complexity index is 1090. The zero-order valence-electron chi connectivity index (χ0n) is 21.9. The Balaban J connectivity index is 1.33. The Morgan fingerprint density at radius 3 is 2.41 bits per heavy atom. The van der Waals surface area contributed by atoms with Crippen LogP contribution in [0.4, 0.5) is 5.69 Å². The van der Waals surface area contributed by atoms with Crippen molar-refractivity contribution in [2.45, 2.75) is 101 Å². The van der Waals surface area contributed by atoms with Crippen molar-refractivity contribution in [2.75, 3.05) is 5.32 Å². The lowest BCUT2D eigenvalue weighted by Crippen LogP contribution is -2.59. The largest absolute Gasteiger partial charge is 0.359 e. The smallest absolute Gasteiger partial charge is 0.246 e. The number of fused-ring (bicyclic) bond motifs is 1. The molecule has 37 heavy (non-hydrogen) atoms. The fraction of sp³-hybridized carbons (Fsp3) is 0.633. The van der Waals surface area contributed by atoms with Gasteiger partial charge in [0.05, 0.1) is 17.9 Å². The number of carbonyl (C=O) groups excluding carboxylic acids is 3. The third-order valence-electron chi connectivity index (χ3n) is 9.56. The Morgan fingerprint density at radius 2 is 1.68 bits per heavy atom. The van der Waals surface area contributed by atoms with Gasteiger partial charge in [-0.2, -0.15) is 0 Å². The molecule has 0 unspecified atom stereocenters. The molecule has 7 atom stereocenters. The van der Waals surface area contributed by atoms with Crippen molar-refractivity contribution in [1.29, 1.82) is 0 Å². The van der Waals surface area contributed by atoms with Crippen LogP contribution in [0.2, 0.25) is 0 Å². The second-order valence-electron chi connectivity index (χ2n) is 12.0. The van der Waals surface area contributed by atoms with E-state index in [0.717, 1.165) is 56.9 Å². The third-order valence-corrected chi connectivity index (χ3v) is 9.56. The SMILES string of the molecule is Cc1ccc(NC(=O)[C@H]2[C@H]3C=C[C@]4(O3)[C@H](C(=O)NC3CCCCC3)N([C@@H]3CCCC[C@@H]3C)C(=O)[C@@H]24)cc1. The van der Waals surface area contributed by atoms with Crippen LogP contribution in [0.25, 0.3) is 0 Å². The topological polar surface area (TPSA) is 87.7 Å². The van der Waals surface area contributed by atoms with Gasteiger partial charge in [0.15, 0.2) is 0 Å². The summed E-state index contributed by atoms with van der Waals surface area (Å²) in [7, 11) is 0. The number of nitrogens with one attached hydrogen (secondary N) is 2. The van der Waals surface area contributed by atoms with Crippen molar-refractivity contribution in [3.63, 3.8) is 0 Å². The molecule has 1 spiro atoms. The van der Waals surface area contributed by atoms with E-state index in [9.17, 15) is 14.4 Å². The van der Waals surface area contributed by atoms with E-state index >= 15 is 0 Å². The second-order valence-corrected chi connectivity index (χ2v) is 12.0. The fourth-order valence-electron chi connectivity index (χ4n) is 7.66. The third kappa shape index (κ3) is 4.10. The molecule has 7 nitrogen and oxygen atoms in total. The van der Waals surface area contributed by atoms with Gasteiger partial charge in [0.1, 0.15) is 11.6 Å². The van der Waals surface area contributed by atoms with Crippen molar-refractivity contribution in [2.24, 2.45) is 17.8 Å². The maximum absolute atomic E-state index is 14.3. The van der Waals surface area contributed by atoms with Crippen LogP contribution in [-0.2, 0) is 19.1 Å². The first kappa shape index (κ1) is 24.7. The molecule has 2 N–H and O–H groups in total. The van der Waals surface area contributed by atoms with E-state index in [4.69, 9.17) is 4.74 Å². The summed E-state index contributed by atoms with van der Waals surface area (Å²) in [5.41, 5.74) is 0.719. The first-order valence-electron chi connectivity index (χ1n) is 14.3. The van der Waals surface area contributed by atoms with Crippen molar-refractivity contribution >= 4 is 23.4 Å². The minimum Gasteiger partial charge on any atom is -0.359 e. The van der Waals surface area contributed by atoms with Crippen LogP contribution in [-0.4, -0.2) is 52.5 Å². The Kier molecular flexibility index (Phi) is 6.38. The normalized spacial score (nSPS) is 37.0. The summed E-state index contributed by atoms with van der Waals surface area (Å²) in [6, 6.07) is 7.04. The number of rotatable bonds is 5. The van der Waals surface area contributed by atoms with E-state index in [1.54, 1.807) is 0 Å². The van der Waals surface area contributed by atoms with Crippen LogP contribution in [0.15, 0.2) is 36.4 Å². The molecular weight excluding hydrogens is 466 g/mol. The van der Waals surface area contributed by atoms with Crippen molar-refractivity contribution in [1.82, 2.24) is 10.2 Å². The van der Waals surface area contributed by atoms with E-state index in [0.29, 0.717) is 11.6 Å². The molecule has 1 aromatic rings. The number of ether oxygens (including phenoxy) is 1. The molecule has 3 heterocycles. The molecule has 2 saturated heterocycles. The molecule has 3 amide bonds. The van der Waals surface area contributed by atoms with Crippen molar-refractivity contribution in [3.8, 4) is 0 Å². The van der Waals surface area contributed by atoms with Gasteiger partial charge in [-0.05, 0) is 50.7 Å². The highest BCUT2D eigenvalue weighted by Gasteiger charge is 2.73. The lowest BCUT2D eigenvalue weighted by atomic mass is 9.74. The summed E-state index contributed by atoms with van der Waals surface area (Å²) < 4.78 is 6.53. The fourth-order valence-corrected chi connectivity index (χ4v) is 7.66. The molecular formula is C30H39N3O4. The lowest BCUT2D eigenvalue weighted by molar-refractivity contribution is -0.146. The van der Waals surface area contributed by atoms with Crippen LogP contribution in [0.5, 0.6) is 0 Å². The first-order valence-corrected chi connectivity index (χ1v) is 14.3. The summed E-state index contributed by atoms with van der Waals surface area (Å²) in [5.74, 6) is -1.48. The zero-order valence-corrected chi connectivity index (χ0v) is 21.9. The van der Waals surface area contributed by atoms with Crippen molar-refractivity contribution < 1.29 is 19.1 Å². The number of amides is 3. The van der Waals surface area contributed by atoms with E-state index in [1.807, 2.05) is 48.2 Å². The van der Waals surface area contributed by atoms with E-state index in [1.165, 1.54) is 6.42 Å². The number of hydrogen-bond donors (Lipinski definition) is 2. The van der Waals surface area contributed by atoms with Gasteiger partial charge in [-0.3, -0.25) is 14.4 Å². The van der Waals surface area contributed by atoms with Crippen LogP contribution in [0.3, 0.4) is 0 Å². The number of benzene rings is 1. The first-order chi connectivity index (χ1) is 17.9. The Morgan fingerprint density at radius 1 is 0.973 bits per heavy atom. The average molecular weight is 506 g/mol. The number of likely N-dealkylation sites (tertiary alicyclic amines) is 1. The summed E-state index contributed by atoms with van der Waals surface area (Å²) in [5, 5.41) is 6.31. The molecule has 2 bridgehead atoms. The van der Waals surface area contributed by atoms with Crippen LogP contribution in [0.1, 0.15) is 70.3 Å². The van der Waals surface area contributed by atoms with Gasteiger partial charge in [-0.15, -0.1) is 0 Å². The molecule has 4 fully saturated rings. The van der Waals surface area contributed by atoms with Gasteiger partial charge in [0, 0.05) is 17.8 Å². The van der Waals surface area contributed by atoms with Crippen LogP contribution in [0, 0.1) is 24.7 Å². The zero-order chi connectivity index (χ0) is 25.7. The van der Waals surface area contributed by atoms with Gasteiger partial charge in [0.25, 0.3) is 0 Å².